The smallest absolute Gasteiger partial charge is 0.224 e. The zero-order chi connectivity index (χ0) is 27.4. The molecule has 8 nitrogen and oxygen atoms in total. The number of nitrogens with zero attached hydrogens (tertiary/aromatic N) is 3. The summed E-state index contributed by atoms with van der Waals surface area (Å²) >= 11 is 0. The molecule has 2 fully saturated rings. The molecule has 3 aromatic rings. The number of methoxy groups -OCH3 is 1. The summed E-state index contributed by atoms with van der Waals surface area (Å²) in [6.45, 7) is 4.03. The second kappa shape index (κ2) is 11.9. The first-order chi connectivity index (χ1) is 18.9. The third kappa shape index (κ3) is 6.16. The summed E-state index contributed by atoms with van der Waals surface area (Å²) in [7, 11) is 3.78. The number of likely N-dealkylation sites (tertiary alicyclic amines) is 1. The Balaban J connectivity index is 1.33. The summed E-state index contributed by atoms with van der Waals surface area (Å²) < 4.78 is 5.61. The predicted molar refractivity (Wildman–Crippen MR) is 152 cm³/mol. The number of imidazole rings is 1. The lowest BCUT2D eigenvalue weighted by atomic mass is 9.92. The van der Waals surface area contributed by atoms with Gasteiger partial charge in [-0.25, -0.2) is 9.97 Å². The summed E-state index contributed by atoms with van der Waals surface area (Å²) in [6, 6.07) is 9.80. The summed E-state index contributed by atoms with van der Waals surface area (Å²) in [6.07, 6.45) is 9.80. The molecular formula is C31H41N5O3. The molecule has 2 aliphatic rings. The van der Waals surface area contributed by atoms with Gasteiger partial charge in [0.2, 0.25) is 11.8 Å². The predicted octanol–water partition coefficient (Wildman–Crippen LogP) is 5.45. The van der Waals surface area contributed by atoms with Gasteiger partial charge in [-0.3, -0.25) is 9.59 Å². The Bertz CT molecular complexity index is 1320. The molecule has 1 unspecified atom stereocenters. The molecule has 3 atom stereocenters. The Kier molecular flexibility index (Phi) is 8.31. The van der Waals surface area contributed by atoms with Crippen LogP contribution in [0.25, 0.3) is 22.2 Å². The average molecular weight is 532 g/mol. The van der Waals surface area contributed by atoms with E-state index in [4.69, 9.17) is 9.72 Å². The number of aromatic amines is 1. The number of pyridine rings is 1. The number of hydrogen-bond donors (Lipinski definition) is 2. The van der Waals surface area contributed by atoms with Crippen molar-refractivity contribution in [1.29, 1.82) is 0 Å². The van der Waals surface area contributed by atoms with Gasteiger partial charge in [-0.1, -0.05) is 38.0 Å². The maximum absolute atomic E-state index is 13.5. The number of unbranched alkanes of at least 4 members (excludes halogenated alkanes) is 2. The van der Waals surface area contributed by atoms with Crippen LogP contribution in [0.15, 0.2) is 36.5 Å². The number of fused-ring (bicyclic) bond motifs is 1. The van der Waals surface area contributed by atoms with Crippen LogP contribution in [0, 0.1) is 11.3 Å². The molecule has 1 spiro atoms. The van der Waals surface area contributed by atoms with Crippen molar-refractivity contribution in [3.05, 3.63) is 42.4 Å². The molecule has 0 radical (unpaired) electrons. The molecule has 5 rings (SSSR count). The maximum Gasteiger partial charge on any atom is 0.224 e. The Morgan fingerprint density at radius 3 is 2.90 bits per heavy atom. The number of carbonyl (C=O) groups excluding carboxylic acids is 2. The number of amides is 1. The highest BCUT2D eigenvalue weighted by molar-refractivity contribution is 5.85. The van der Waals surface area contributed by atoms with E-state index in [1.807, 2.05) is 31.2 Å². The van der Waals surface area contributed by atoms with Crippen LogP contribution in [-0.4, -0.2) is 58.8 Å². The number of H-pyrrole nitrogens is 1. The SMILES string of the molecule is CCC(=O)CCCCC[C@H](NC(=O)[C@H]1CC12CCCN(C)C2)c1ncc(-c2cc3ccccc3nc2OC)[nH]1. The third-order valence-corrected chi connectivity index (χ3v) is 8.56. The molecule has 1 aliphatic heterocycles. The quantitative estimate of drug-likeness (QED) is 0.301. The molecule has 1 saturated carbocycles. The minimum atomic E-state index is -0.216. The molecule has 8 heteroatoms. The lowest BCUT2D eigenvalue weighted by Crippen LogP contribution is -2.38. The first-order valence-corrected chi connectivity index (χ1v) is 14.4. The van der Waals surface area contributed by atoms with E-state index >= 15 is 0 Å². The maximum atomic E-state index is 13.5. The molecule has 208 valence electrons. The highest BCUT2D eigenvalue weighted by Crippen LogP contribution is 2.58. The van der Waals surface area contributed by atoms with Gasteiger partial charge in [0.05, 0.1) is 36.1 Å². The minimum absolute atomic E-state index is 0.0733. The van der Waals surface area contributed by atoms with Gasteiger partial charge >= 0.3 is 0 Å². The summed E-state index contributed by atoms with van der Waals surface area (Å²) in [4.78, 5) is 40.4. The molecule has 0 bridgehead atoms. The number of piperidine rings is 1. The van der Waals surface area contributed by atoms with Crippen molar-refractivity contribution in [3.8, 4) is 17.1 Å². The lowest BCUT2D eigenvalue weighted by Gasteiger charge is -2.30. The first kappa shape index (κ1) is 27.3. The molecule has 1 aromatic carbocycles. The van der Waals surface area contributed by atoms with E-state index in [1.54, 1.807) is 13.3 Å². The lowest BCUT2D eigenvalue weighted by molar-refractivity contribution is -0.124. The van der Waals surface area contributed by atoms with Gasteiger partial charge in [0.1, 0.15) is 11.6 Å². The second-order valence-corrected chi connectivity index (χ2v) is 11.4. The van der Waals surface area contributed by atoms with E-state index in [2.05, 4.69) is 33.3 Å². The molecule has 3 heterocycles. The number of rotatable bonds is 12. The zero-order valence-electron chi connectivity index (χ0n) is 23.5. The molecule has 1 saturated heterocycles. The van der Waals surface area contributed by atoms with E-state index in [-0.39, 0.29) is 23.3 Å². The highest BCUT2D eigenvalue weighted by Gasteiger charge is 2.58. The molecular weight excluding hydrogens is 490 g/mol. The monoisotopic (exact) mass is 531 g/mol. The van der Waals surface area contributed by atoms with Crippen LogP contribution < -0.4 is 10.1 Å². The van der Waals surface area contributed by atoms with Crippen molar-refractivity contribution in [2.45, 2.75) is 70.8 Å². The Morgan fingerprint density at radius 2 is 2.10 bits per heavy atom. The Morgan fingerprint density at radius 1 is 1.26 bits per heavy atom. The number of aromatic nitrogens is 3. The van der Waals surface area contributed by atoms with Crippen LogP contribution in [0.4, 0.5) is 0 Å². The third-order valence-electron chi connectivity index (χ3n) is 8.56. The van der Waals surface area contributed by atoms with Crippen LogP contribution in [0.2, 0.25) is 0 Å². The number of para-hydroxylation sites is 1. The van der Waals surface area contributed by atoms with E-state index in [0.717, 1.165) is 86.0 Å². The standard InChI is InChI=1S/C31H41N5O3/c1-4-22(37)12-6-5-7-14-26(34-29(38)24-18-31(24)15-10-16-36(2)20-31)28-32-19-27(33-28)23-17-21-11-8-9-13-25(21)35-30(23)39-3/h8-9,11,13,17,19,24,26H,4-7,10,12,14-16,18,20H2,1-3H3,(H,32,33)(H,34,38)/t24-,26+,31?/m1/s1. The fourth-order valence-electron chi connectivity index (χ4n) is 6.24. The van der Waals surface area contributed by atoms with Crippen molar-refractivity contribution in [2.24, 2.45) is 11.3 Å². The van der Waals surface area contributed by atoms with Gasteiger partial charge < -0.3 is 19.9 Å². The van der Waals surface area contributed by atoms with E-state index in [1.165, 1.54) is 0 Å². The van der Waals surface area contributed by atoms with Crippen LogP contribution >= 0.6 is 0 Å². The molecule has 1 amide bonds. The Hall–Kier alpha value is -3.26. The van der Waals surface area contributed by atoms with Gasteiger partial charge in [0.15, 0.2) is 0 Å². The fourth-order valence-corrected chi connectivity index (χ4v) is 6.24. The fraction of sp³-hybridized carbons (Fsp3) is 0.548. The van der Waals surface area contributed by atoms with Gasteiger partial charge in [-0.05, 0) is 63.2 Å². The van der Waals surface area contributed by atoms with Crippen LogP contribution in [0.3, 0.4) is 0 Å². The Labute approximate surface area is 230 Å². The number of ketones is 1. The topological polar surface area (TPSA) is 100 Å². The first-order valence-electron chi connectivity index (χ1n) is 14.4. The van der Waals surface area contributed by atoms with Crippen LogP contribution in [0.1, 0.15) is 76.6 Å². The number of hydrogen-bond acceptors (Lipinski definition) is 6. The summed E-state index contributed by atoms with van der Waals surface area (Å²) in [5.74, 6) is 1.80. The van der Waals surface area contributed by atoms with Crippen LogP contribution in [0.5, 0.6) is 5.88 Å². The van der Waals surface area contributed by atoms with Crippen molar-refractivity contribution in [1.82, 2.24) is 25.2 Å². The van der Waals surface area contributed by atoms with Crippen molar-refractivity contribution >= 4 is 22.6 Å². The number of benzene rings is 1. The summed E-state index contributed by atoms with van der Waals surface area (Å²) in [5, 5.41) is 4.37. The second-order valence-electron chi connectivity index (χ2n) is 11.4. The molecule has 39 heavy (non-hydrogen) atoms. The van der Waals surface area contributed by atoms with Crippen molar-refractivity contribution in [3.63, 3.8) is 0 Å². The number of Topliss-reactive ketones (excluding diaryl/α,β-unsaturated/α-hetero) is 1. The normalized spacial score (nSPS) is 21.7. The average Bonchev–Trinajstić information content (AvgIpc) is 3.39. The van der Waals surface area contributed by atoms with Gasteiger partial charge in [0, 0.05) is 30.7 Å². The van der Waals surface area contributed by atoms with Crippen molar-refractivity contribution in [2.75, 3.05) is 27.2 Å². The van der Waals surface area contributed by atoms with Gasteiger partial charge in [0.25, 0.3) is 0 Å². The molecule has 1 aliphatic carbocycles. The van der Waals surface area contributed by atoms with E-state index < -0.39 is 0 Å². The largest absolute Gasteiger partial charge is 0.480 e. The number of carbonyl (C=O) groups is 2. The highest BCUT2D eigenvalue weighted by atomic mass is 16.5. The van der Waals surface area contributed by atoms with Crippen LogP contribution in [-0.2, 0) is 9.59 Å². The van der Waals surface area contributed by atoms with Gasteiger partial charge in [-0.15, -0.1) is 0 Å². The van der Waals surface area contributed by atoms with E-state index in [0.29, 0.717) is 24.5 Å². The van der Waals surface area contributed by atoms with Gasteiger partial charge in [-0.2, -0.15) is 0 Å². The van der Waals surface area contributed by atoms with Crippen molar-refractivity contribution < 1.29 is 14.3 Å². The molecule has 2 aromatic heterocycles. The zero-order valence-corrected chi connectivity index (χ0v) is 23.5. The van der Waals surface area contributed by atoms with E-state index in [9.17, 15) is 9.59 Å². The number of ether oxygens (including phenoxy) is 1. The number of nitrogens with one attached hydrogen (secondary N) is 2. The minimum Gasteiger partial charge on any atom is -0.480 e. The molecule has 2 N–H and O–H groups in total. The summed E-state index contributed by atoms with van der Waals surface area (Å²) in [5.41, 5.74) is 2.66.